The fraction of sp³-hybridized carbons (Fsp3) is 0.350. The lowest BCUT2D eigenvalue weighted by molar-refractivity contribution is 0.0947. The van der Waals surface area contributed by atoms with Crippen molar-refractivity contribution in [3.63, 3.8) is 0 Å². The number of carbonyl (C=O) groups excluding carboxylic acids is 1. The zero-order valence-corrected chi connectivity index (χ0v) is 14.3. The van der Waals surface area contributed by atoms with Gasteiger partial charge in [0.15, 0.2) is 0 Å². The van der Waals surface area contributed by atoms with Gasteiger partial charge in [-0.3, -0.25) is 4.79 Å². The molecule has 0 aliphatic heterocycles. The molecule has 2 rings (SSSR count). The molecule has 0 spiro atoms. The number of ether oxygens (including phenoxy) is 1. The van der Waals surface area contributed by atoms with Crippen LogP contribution in [0.3, 0.4) is 0 Å². The van der Waals surface area contributed by atoms with Gasteiger partial charge in [-0.05, 0) is 42.2 Å². The summed E-state index contributed by atoms with van der Waals surface area (Å²) in [6, 6.07) is 15.6. The summed E-state index contributed by atoms with van der Waals surface area (Å²) < 4.78 is 5.73. The SMILES string of the molecule is Cc1ccc(C(=O)NCCOc2cccc(C(C)(C)C)c2)cc1. The lowest BCUT2D eigenvalue weighted by atomic mass is 9.87. The number of benzene rings is 2. The summed E-state index contributed by atoms with van der Waals surface area (Å²) in [5, 5.41) is 2.87. The van der Waals surface area contributed by atoms with Gasteiger partial charge >= 0.3 is 0 Å². The molecule has 0 radical (unpaired) electrons. The first-order valence-corrected chi connectivity index (χ1v) is 7.94. The maximum absolute atomic E-state index is 12.0. The Morgan fingerprint density at radius 2 is 1.78 bits per heavy atom. The van der Waals surface area contributed by atoms with Crippen molar-refractivity contribution in [3.8, 4) is 5.75 Å². The first-order valence-electron chi connectivity index (χ1n) is 7.94. The molecule has 1 amide bonds. The van der Waals surface area contributed by atoms with Crippen molar-refractivity contribution in [1.29, 1.82) is 0 Å². The Morgan fingerprint density at radius 1 is 1.09 bits per heavy atom. The lowest BCUT2D eigenvalue weighted by Crippen LogP contribution is -2.28. The molecular weight excluding hydrogens is 286 g/mol. The van der Waals surface area contributed by atoms with Crippen LogP contribution in [0.1, 0.15) is 42.3 Å². The highest BCUT2D eigenvalue weighted by Gasteiger charge is 2.13. The van der Waals surface area contributed by atoms with Crippen LogP contribution in [-0.2, 0) is 5.41 Å². The molecule has 0 saturated carbocycles. The third kappa shape index (κ3) is 5.13. The molecule has 3 nitrogen and oxygen atoms in total. The molecule has 2 aromatic carbocycles. The minimum atomic E-state index is -0.0722. The summed E-state index contributed by atoms with van der Waals surface area (Å²) in [6.45, 7) is 9.45. The number of hydrogen-bond acceptors (Lipinski definition) is 2. The Bertz CT molecular complexity index is 654. The Labute approximate surface area is 138 Å². The van der Waals surface area contributed by atoms with E-state index in [1.165, 1.54) is 5.56 Å². The van der Waals surface area contributed by atoms with Crippen LogP contribution in [0.4, 0.5) is 0 Å². The molecule has 0 atom stereocenters. The van der Waals surface area contributed by atoms with Crippen molar-refractivity contribution < 1.29 is 9.53 Å². The van der Waals surface area contributed by atoms with E-state index in [0.29, 0.717) is 18.7 Å². The smallest absolute Gasteiger partial charge is 0.251 e. The van der Waals surface area contributed by atoms with Crippen molar-refractivity contribution in [2.24, 2.45) is 0 Å². The van der Waals surface area contributed by atoms with E-state index >= 15 is 0 Å². The van der Waals surface area contributed by atoms with E-state index in [1.54, 1.807) is 0 Å². The summed E-state index contributed by atoms with van der Waals surface area (Å²) in [6.07, 6.45) is 0. The third-order valence-corrected chi connectivity index (χ3v) is 3.67. The summed E-state index contributed by atoms with van der Waals surface area (Å²) in [7, 11) is 0. The number of nitrogens with one attached hydrogen (secondary N) is 1. The molecule has 0 unspecified atom stereocenters. The highest BCUT2D eigenvalue weighted by Crippen LogP contribution is 2.25. The molecule has 1 N–H and O–H groups in total. The molecule has 23 heavy (non-hydrogen) atoms. The van der Waals surface area contributed by atoms with E-state index < -0.39 is 0 Å². The van der Waals surface area contributed by atoms with Crippen molar-refractivity contribution in [1.82, 2.24) is 5.32 Å². The molecule has 0 aliphatic rings. The van der Waals surface area contributed by atoms with Gasteiger partial charge in [-0.25, -0.2) is 0 Å². The molecule has 0 aliphatic carbocycles. The first kappa shape index (κ1) is 17.1. The average Bonchev–Trinajstić information content (AvgIpc) is 2.51. The molecule has 0 heterocycles. The van der Waals surface area contributed by atoms with Gasteiger partial charge in [0, 0.05) is 5.56 Å². The molecule has 0 fully saturated rings. The number of carbonyl (C=O) groups is 1. The second-order valence-electron chi connectivity index (χ2n) is 6.75. The van der Waals surface area contributed by atoms with Crippen LogP contribution in [0.25, 0.3) is 0 Å². The normalized spacial score (nSPS) is 11.1. The fourth-order valence-corrected chi connectivity index (χ4v) is 2.19. The van der Waals surface area contributed by atoms with Crippen molar-refractivity contribution in [3.05, 3.63) is 65.2 Å². The number of aryl methyl sites for hydroxylation is 1. The number of amides is 1. The van der Waals surface area contributed by atoms with E-state index in [-0.39, 0.29) is 11.3 Å². The maximum atomic E-state index is 12.0. The standard InChI is InChI=1S/C20H25NO2/c1-15-8-10-16(11-9-15)19(22)21-12-13-23-18-7-5-6-17(14-18)20(2,3)4/h5-11,14H,12-13H2,1-4H3,(H,21,22). The van der Waals surface area contributed by atoms with Crippen molar-refractivity contribution >= 4 is 5.91 Å². The Balaban J connectivity index is 1.81. The predicted molar refractivity (Wildman–Crippen MR) is 94.1 cm³/mol. The van der Waals surface area contributed by atoms with Gasteiger partial charge in [-0.1, -0.05) is 50.6 Å². The third-order valence-electron chi connectivity index (χ3n) is 3.67. The second-order valence-corrected chi connectivity index (χ2v) is 6.75. The number of rotatable bonds is 5. The van der Waals surface area contributed by atoms with Gasteiger partial charge < -0.3 is 10.1 Å². The van der Waals surface area contributed by atoms with Gasteiger partial charge in [-0.15, -0.1) is 0 Å². The van der Waals surface area contributed by atoms with Crippen molar-refractivity contribution in [2.75, 3.05) is 13.2 Å². The Kier molecular flexibility index (Phi) is 5.43. The molecular formula is C20H25NO2. The van der Waals surface area contributed by atoms with E-state index in [9.17, 15) is 4.79 Å². The van der Waals surface area contributed by atoms with Crippen LogP contribution < -0.4 is 10.1 Å². The van der Waals surface area contributed by atoms with E-state index in [0.717, 1.165) is 11.3 Å². The van der Waals surface area contributed by atoms with Crippen LogP contribution in [0, 0.1) is 6.92 Å². The van der Waals surface area contributed by atoms with Crippen LogP contribution in [0.5, 0.6) is 5.75 Å². The van der Waals surface area contributed by atoms with Gasteiger partial charge in [0.1, 0.15) is 12.4 Å². The van der Waals surface area contributed by atoms with Crippen LogP contribution in [-0.4, -0.2) is 19.1 Å². The molecule has 0 aromatic heterocycles. The van der Waals surface area contributed by atoms with Gasteiger partial charge in [0.2, 0.25) is 0 Å². The largest absolute Gasteiger partial charge is 0.492 e. The summed E-state index contributed by atoms with van der Waals surface area (Å²) in [5.41, 5.74) is 3.14. The fourth-order valence-electron chi connectivity index (χ4n) is 2.19. The van der Waals surface area contributed by atoms with Gasteiger partial charge in [0.05, 0.1) is 6.54 Å². The summed E-state index contributed by atoms with van der Waals surface area (Å²) in [4.78, 5) is 12.0. The molecule has 0 bridgehead atoms. The number of hydrogen-bond donors (Lipinski definition) is 1. The van der Waals surface area contributed by atoms with Crippen molar-refractivity contribution in [2.45, 2.75) is 33.1 Å². The molecule has 122 valence electrons. The second kappa shape index (κ2) is 7.32. The zero-order chi connectivity index (χ0) is 16.9. The summed E-state index contributed by atoms with van der Waals surface area (Å²) in [5.74, 6) is 0.763. The maximum Gasteiger partial charge on any atom is 0.251 e. The molecule has 3 heteroatoms. The molecule has 0 saturated heterocycles. The Hall–Kier alpha value is -2.29. The monoisotopic (exact) mass is 311 g/mol. The minimum Gasteiger partial charge on any atom is -0.492 e. The van der Waals surface area contributed by atoms with Crippen LogP contribution in [0.15, 0.2) is 48.5 Å². The summed E-state index contributed by atoms with van der Waals surface area (Å²) >= 11 is 0. The lowest BCUT2D eigenvalue weighted by Gasteiger charge is -2.19. The first-order chi connectivity index (χ1) is 10.9. The van der Waals surface area contributed by atoms with Crippen LogP contribution in [0.2, 0.25) is 0 Å². The van der Waals surface area contributed by atoms with Crippen LogP contribution >= 0.6 is 0 Å². The van der Waals surface area contributed by atoms with Gasteiger partial charge in [-0.2, -0.15) is 0 Å². The molecule has 2 aromatic rings. The predicted octanol–water partition coefficient (Wildman–Crippen LogP) is 4.10. The van der Waals surface area contributed by atoms with E-state index in [1.807, 2.05) is 43.3 Å². The highest BCUT2D eigenvalue weighted by atomic mass is 16.5. The quantitative estimate of drug-likeness (QED) is 0.844. The average molecular weight is 311 g/mol. The Morgan fingerprint density at radius 3 is 2.43 bits per heavy atom. The minimum absolute atomic E-state index is 0.0722. The van der Waals surface area contributed by atoms with Gasteiger partial charge in [0.25, 0.3) is 5.91 Å². The van der Waals surface area contributed by atoms with E-state index in [4.69, 9.17) is 4.74 Å². The topological polar surface area (TPSA) is 38.3 Å². The zero-order valence-electron chi connectivity index (χ0n) is 14.3. The van der Waals surface area contributed by atoms with E-state index in [2.05, 4.69) is 38.2 Å². The highest BCUT2D eigenvalue weighted by molar-refractivity contribution is 5.94.